The fourth-order valence-corrected chi connectivity index (χ4v) is 4.63. The maximum Gasteiger partial charge on any atom is 0.260 e. The van der Waals surface area contributed by atoms with E-state index < -0.39 is 0 Å². The summed E-state index contributed by atoms with van der Waals surface area (Å²) >= 11 is 1.43. The van der Waals surface area contributed by atoms with Crippen molar-refractivity contribution < 1.29 is 23.7 Å². The Morgan fingerprint density at radius 3 is 2.28 bits per heavy atom. The summed E-state index contributed by atoms with van der Waals surface area (Å²) in [5.74, 6) is 1.86. The van der Waals surface area contributed by atoms with Crippen LogP contribution in [0.25, 0.3) is 10.2 Å². The molecule has 0 bridgehead atoms. The molecule has 0 saturated carbocycles. The minimum absolute atomic E-state index is 0.248. The molecule has 2 heterocycles. The minimum atomic E-state index is -0.253. The van der Waals surface area contributed by atoms with Crippen LogP contribution < -0.4 is 23.8 Å². The number of hydrogen-bond donors (Lipinski definition) is 0. The number of rotatable bonds is 11. The zero-order valence-corrected chi connectivity index (χ0v) is 21.6. The van der Waals surface area contributed by atoms with Crippen LogP contribution >= 0.6 is 11.3 Å². The Bertz CT molecular complexity index is 1300. The van der Waals surface area contributed by atoms with Crippen LogP contribution in [0.15, 0.2) is 54.7 Å². The number of carbonyl (C=O) groups excluding carboxylic acids is 1. The summed E-state index contributed by atoms with van der Waals surface area (Å²) in [6.07, 6.45) is 1.71. The summed E-state index contributed by atoms with van der Waals surface area (Å²) in [5, 5.41) is 0.554. The van der Waals surface area contributed by atoms with Crippen molar-refractivity contribution in [3.05, 3.63) is 66.0 Å². The van der Waals surface area contributed by atoms with Gasteiger partial charge in [0, 0.05) is 17.8 Å². The number of benzene rings is 2. The Balaban J connectivity index is 1.81. The van der Waals surface area contributed by atoms with E-state index in [-0.39, 0.29) is 12.5 Å². The second-order valence-corrected chi connectivity index (χ2v) is 8.65. The molecule has 0 aliphatic heterocycles. The lowest BCUT2D eigenvalue weighted by atomic mass is 10.1. The molecule has 0 N–H and O–H groups in total. The highest BCUT2D eigenvalue weighted by Gasteiger charge is 2.26. The zero-order valence-electron chi connectivity index (χ0n) is 20.8. The van der Waals surface area contributed by atoms with Gasteiger partial charge in [0.1, 0.15) is 5.75 Å². The summed E-state index contributed by atoms with van der Waals surface area (Å²) in [6.45, 7) is 7.18. The molecule has 2 aromatic carbocycles. The lowest BCUT2D eigenvalue weighted by molar-refractivity contribution is 0.0983. The van der Waals surface area contributed by atoms with E-state index >= 15 is 0 Å². The number of amides is 1. The van der Waals surface area contributed by atoms with E-state index in [0.29, 0.717) is 53.5 Å². The number of nitrogens with zero attached hydrogens (tertiary/aromatic N) is 3. The van der Waals surface area contributed by atoms with Crippen molar-refractivity contribution in [3.8, 4) is 23.0 Å². The van der Waals surface area contributed by atoms with Crippen LogP contribution in [0, 0.1) is 0 Å². The molecule has 0 unspecified atom stereocenters. The van der Waals surface area contributed by atoms with Gasteiger partial charge in [0.2, 0.25) is 5.75 Å². The molecular weight excluding hydrogens is 478 g/mol. The van der Waals surface area contributed by atoms with Gasteiger partial charge in [0.25, 0.3) is 5.91 Å². The molecule has 2 aromatic heterocycles. The first kappa shape index (κ1) is 25.2. The average Bonchev–Trinajstić information content (AvgIpc) is 3.32. The number of aromatic nitrogens is 2. The molecule has 0 spiro atoms. The van der Waals surface area contributed by atoms with Crippen LogP contribution in [0.1, 0.15) is 36.8 Å². The average molecular weight is 508 g/mol. The molecule has 4 aromatic rings. The van der Waals surface area contributed by atoms with Gasteiger partial charge >= 0.3 is 0 Å². The van der Waals surface area contributed by atoms with Crippen molar-refractivity contribution in [2.75, 3.05) is 31.8 Å². The molecule has 36 heavy (non-hydrogen) atoms. The molecule has 4 rings (SSSR count). The van der Waals surface area contributed by atoms with Gasteiger partial charge in [-0.1, -0.05) is 17.4 Å². The van der Waals surface area contributed by atoms with Crippen LogP contribution in [-0.2, 0) is 6.54 Å². The van der Waals surface area contributed by atoms with Gasteiger partial charge in [-0.15, -0.1) is 0 Å². The van der Waals surface area contributed by atoms with E-state index in [0.717, 1.165) is 15.9 Å². The molecule has 0 atom stereocenters. The van der Waals surface area contributed by atoms with Crippen LogP contribution in [0.5, 0.6) is 23.0 Å². The molecular formula is C27H29N3O5S. The quantitative estimate of drug-likeness (QED) is 0.256. The Hall–Kier alpha value is -3.85. The highest BCUT2D eigenvalue weighted by molar-refractivity contribution is 7.22. The highest BCUT2D eigenvalue weighted by atomic mass is 32.1. The summed E-state index contributed by atoms with van der Waals surface area (Å²) in [4.78, 5) is 24.8. The molecule has 0 radical (unpaired) electrons. The van der Waals surface area contributed by atoms with Gasteiger partial charge in [0.05, 0.1) is 49.4 Å². The van der Waals surface area contributed by atoms with Crippen LogP contribution in [-0.4, -0.2) is 42.8 Å². The van der Waals surface area contributed by atoms with Crippen LogP contribution in [0.3, 0.4) is 0 Å². The zero-order chi connectivity index (χ0) is 25.5. The Kier molecular flexibility index (Phi) is 8.22. The monoisotopic (exact) mass is 507 g/mol. The summed E-state index contributed by atoms with van der Waals surface area (Å²) in [5.41, 5.74) is 1.90. The van der Waals surface area contributed by atoms with Crippen molar-refractivity contribution in [2.24, 2.45) is 0 Å². The number of fused-ring (bicyclic) bond motifs is 1. The first-order valence-corrected chi connectivity index (χ1v) is 12.6. The number of pyridine rings is 1. The van der Waals surface area contributed by atoms with E-state index in [9.17, 15) is 4.79 Å². The predicted octanol–water partition coefficient (Wildman–Crippen LogP) is 5.74. The first-order valence-electron chi connectivity index (χ1n) is 11.8. The third-order valence-electron chi connectivity index (χ3n) is 5.26. The smallest absolute Gasteiger partial charge is 0.260 e. The number of thiazole rings is 1. The molecule has 9 heteroatoms. The number of methoxy groups -OCH3 is 1. The number of carbonyl (C=O) groups is 1. The van der Waals surface area contributed by atoms with Gasteiger partial charge in [-0.25, -0.2) is 4.98 Å². The Labute approximate surface area is 214 Å². The normalized spacial score (nSPS) is 10.8. The number of anilines is 1. The fourth-order valence-electron chi connectivity index (χ4n) is 3.69. The standard InChI is InChI=1S/C27H29N3O5S/c1-5-33-22-14-18(15-23(34-6-2)25(22)35-7-3)26(31)30(17-19-10-8-9-13-28-19)27-29-21-16-20(32-4)11-12-24(21)36-27/h8-16H,5-7,17H2,1-4H3. The van der Waals surface area contributed by atoms with Crippen molar-refractivity contribution in [1.29, 1.82) is 0 Å². The van der Waals surface area contributed by atoms with Crippen molar-refractivity contribution in [1.82, 2.24) is 9.97 Å². The van der Waals surface area contributed by atoms with Gasteiger partial charge < -0.3 is 18.9 Å². The van der Waals surface area contributed by atoms with Gasteiger partial charge in [-0.2, -0.15) is 0 Å². The van der Waals surface area contributed by atoms with E-state index in [1.807, 2.05) is 57.2 Å². The van der Waals surface area contributed by atoms with Crippen LogP contribution in [0.2, 0.25) is 0 Å². The van der Waals surface area contributed by atoms with Gasteiger partial charge in [-0.3, -0.25) is 14.7 Å². The molecule has 0 fully saturated rings. The third kappa shape index (κ3) is 5.52. The molecule has 0 saturated heterocycles. The topological polar surface area (TPSA) is 83.0 Å². The van der Waals surface area contributed by atoms with Crippen molar-refractivity contribution in [2.45, 2.75) is 27.3 Å². The van der Waals surface area contributed by atoms with Gasteiger partial charge in [-0.05, 0) is 57.2 Å². The Morgan fingerprint density at radius 1 is 0.944 bits per heavy atom. The van der Waals surface area contributed by atoms with Crippen molar-refractivity contribution >= 4 is 32.6 Å². The van der Waals surface area contributed by atoms with E-state index in [2.05, 4.69) is 4.98 Å². The van der Waals surface area contributed by atoms with Crippen LogP contribution in [0.4, 0.5) is 5.13 Å². The highest BCUT2D eigenvalue weighted by Crippen LogP contribution is 2.40. The number of ether oxygens (including phenoxy) is 4. The second-order valence-electron chi connectivity index (χ2n) is 7.64. The maximum absolute atomic E-state index is 14.0. The summed E-state index contributed by atoms with van der Waals surface area (Å²) in [6, 6.07) is 14.7. The summed E-state index contributed by atoms with van der Waals surface area (Å²) in [7, 11) is 1.61. The van der Waals surface area contributed by atoms with Crippen molar-refractivity contribution in [3.63, 3.8) is 0 Å². The Morgan fingerprint density at radius 2 is 1.67 bits per heavy atom. The lowest BCUT2D eigenvalue weighted by Gasteiger charge is -2.22. The largest absolute Gasteiger partial charge is 0.497 e. The molecule has 188 valence electrons. The summed E-state index contributed by atoms with van der Waals surface area (Å²) < 4.78 is 23.8. The first-order chi connectivity index (χ1) is 17.6. The molecule has 0 aliphatic rings. The van der Waals surface area contributed by atoms with E-state index in [4.69, 9.17) is 23.9 Å². The lowest BCUT2D eigenvalue weighted by Crippen LogP contribution is -2.30. The minimum Gasteiger partial charge on any atom is -0.497 e. The molecule has 8 nitrogen and oxygen atoms in total. The molecule has 1 amide bonds. The number of hydrogen-bond acceptors (Lipinski definition) is 8. The van der Waals surface area contributed by atoms with E-state index in [1.54, 1.807) is 30.3 Å². The van der Waals surface area contributed by atoms with E-state index in [1.165, 1.54) is 11.3 Å². The maximum atomic E-state index is 14.0. The predicted molar refractivity (Wildman–Crippen MR) is 141 cm³/mol. The fraction of sp³-hybridized carbons (Fsp3) is 0.296. The second kappa shape index (κ2) is 11.7. The third-order valence-corrected chi connectivity index (χ3v) is 6.32. The SMILES string of the molecule is CCOc1cc(C(=O)N(Cc2ccccn2)c2nc3cc(OC)ccc3s2)cc(OCC)c1OCC. The van der Waals surface area contributed by atoms with Gasteiger partial charge in [0.15, 0.2) is 16.6 Å². The molecule has 0 aliphatic carbocycles.